The average Bonchev–Trinajstić information content (AvgIpc) is 3.22. The van der Waals surface area contributed by atoms with Gasteiger partial charge in [0.2, 0.25) is 5.91 Å². The van der Waals surface area contributed by atoms with Crippen LogP contribution in [-0.4, -0.2) is 47.6 Å². The summed E-state index contributed by atoms with van der Waals surface area (Å²) in [4.78, 5) is 12.6. The number of amides is 1. The number of ether oxygens (including phenoxy) is 3. The van der Waals surface area contributed by atoms with Gasteiger partial charge in [-0.05, 0) is 48.9 Å². The maximum atomic E-state index is 12.6. The molecule has 9 heteroatoms. The molecule has 2 aromatic heterocycles. The van der Waals surface area contributed by atoms with E-state index >= 15 is 0 Å². The molecule has 0 saturated carbocycles. The highest BCUT2D eigenvalue weighted by Gasteiger charge is 2.15. The van der Waals surface area contributed by atoms with Crippen LogP contribution in [-0.2, 0) is 4.79 Å². The molecule has 4 rings (SSSR count). The number of carbonyl (C=O) groups is 1. The Morgan fingerprint density at radius 2 is 1.74 bits per heavy atom. The van der Waals surface area contributed by atoms with Crippen LogP contribution in [0.15, 0.2) is 47.6 Å². The van der Waals surface area contributed by atoms with Gasteiger partial charge in [0.15, 0.2) is 10.8 Å². The van der Waals surface area contributed by atoms with Crippen LogP contribution in [0.1, 0.15) is 5.56 Å². The van der Waals surface area contributed by atoms with Crippen LogP contribution < -0.4 is 19.5 Å². The van der Waals surface area contributed by atoms with Crippen molar-refractivity contribution in [3.63, 3.8) is 0 Å². The highest BCUT2D eigenvalue weighted by Crippen LogP contribution is 2.30. The van der Waals surface area contributed by atoms with Gasteiger partial charge in [0, 0.05) is 11.5 Å². The summed E-state index contributed by atoms with van der Waals surface area (Å²) in [5.41, 5.74) is 3.25. The van der Waals surface area contributed by atoms with Gasteiger partial charge in [0.25, 0.3) is 0 Å². The molecule has 2 heterocycles. The van der Waals surface area contributed by atoms with Crippen molar-refractivity contribution in [2.24, 2.45) is 0 Å². The largest absolute Gasteiger partial charge is 0.497 e. The topological polar surface area (TPSA) is 87.0 Å². The Kier molecular flexibility index (Phi) is 5.85. The zero-order valence-corrected chi connectivity index (χ0v) is 18.4. The van der Waals surface area contributed by atoms with Crippen molar-refractivity contribution < 1.29 is 19.0 Å². The fourth-order valence-electron chi connectivity index (χ4n) is 3.34. The van der Waals surface area contributed by atoms with Crippen molar-refractivity contribution in [1.82, 2.24) is 14.6 Å². The number of pyridine rings is 1. The molecular weight excluding hydrogens is 416 g/mol. The SMILES string of the molecule is COc1ccc(OC)c(NC(=O)CSc2nnc3c(C)cc4cc(OC)ccc4n23)c1. The molecule has 8 nitrogen and oxygen atoms in total. The lowest BCUT2D eigenvalue weighted by Crippen LogP contribution is -2.15. The number of carbonyl (C=O) groups excluding carboxylic acids is 1. The second kappa shape index (κ2) is 8.73. The molecule has 160 valence electrons. The number of aromatic nitrogens is 3. The van der Waals surface area contributed by atoms with Gasteiger partial charge in [0.05, 0.1) is 38.3 Å². The van der Waals surface area contributed by atoms with Crippen molar-refractivity contribution >= 4 is 39.9 Å². The lowest BCUT2D eigenvalue weighted by atomic mass is 10.1. The zero-order valence-electron chi connectivity index (χ0n) is 17.6. The molecule has 0 aliphatic rings. The Morgan fingerprint density at radius 1 is 1.00 bits per heavy atom. The number of nitrogens with one attached hydrogen (secondary N) is 1. The summed E-state index contributed by atoms with van der Waals surface area (Å²) >= 11 is 1.31. The highest BCUT2D eigenvalue weighted by atomic mass is 32.2. The minimum Gasteiger partial charge on any atom is -0.497 e. The first-order valence-corrected chi connectivity index (χ1v) is 10.5. The zero-order chi connectivity index (χ0) is 22.0. The van der Waals surface area contributed by atoms with Gasteiger partial charge in [0.1, 0.15) is 17.2 Å². The molecule has 0 unspecified atom stereocenters. The third kappa shape index (κ3) is 4.09. The normalized spacial score (nSPS) is 11.0. The minimum absolute atomic E-state index is 0.159. The second-order valence-electron chi connectivity index (χ2n) is 6.80. The summed E-state index contributed by atoms with van der Waals surface area (Å²) in [6.45, 7) is 1.99. The van der Waals surface area contributed by atoms with Crippen LogP contribution in [0.2, 0.25) is 0 Å². The number of fused-ring (bicyclic) bond motifs is 3. The first-order chi connectivity index (χ1) is 15.0. The fraction of sp³-hybridized carbons (Fsp3) is 0.227. The molecule has 0 saturated heterocycles. The van der Waals surface area contributed by atoms with Gasteiger partial charge in [-0.25, -0.2) is 0 Å². The first kappa shape index (κ1) is 20.8. The summed E-state index contributed by atoms with van der Waals surface area (Å²) in [5.74, 6) is 1.94. The molecule has 4 aromatic rings. The Morgan fingerprint density at radius 3 is 2.48 bits per heavy atom. The smallest absolute Gasteiger partial charge is 0.234 e. The van der Waals surface area contributed by atoms with E-state index in [4.69, 9.17) is 14.2 Å². The summed E-state index contributed by atoms with van der Waals surface area (Å²) in [7, 11) is 4.76. The summed E-state index contributed by atoms with van der Waals surface area (Å²) in [6, 6.07) is 13.1. The average molecular weight is 439 g/mol. The third-order valence-corrected chi connectivity index (χ3v) is 5.78. The monoisotopic (exact) mass is 438 g/mol. The molecule has 1 N–H and O–H groups in total. The standard InChI is InChI=1S/C22H22N4O4S/c1-13-9-14-10-15(28-2)5-7-18(14)26-21(13)24-25-22(26)31-12-20(27)23-17-11-16(29-3)6-8-19(17)30-4/h5-11H,12H2,1-4H3,(H,23,27). The van der Waals surface area contributed by atoms with Crippen molar-refractivity contribution in [3.8, 4) is 17.2 Å². The number of aryl methyl sites for hydroxylation is 1. The van der Waals surface area contributed by atoms with Crippen LogP contribution in [0.3, 0.4) is 0 Å². The van der Waals surface area contributed by atoms with Crippen molar-refractivity contribution in [2.45, 2.75) is 12.1 Å². The van der Waals surface area contributed by atoms with Crippen LogP contribution in [0.5, 0.6) is 17.2 Å². The minimum atomic E-state index is -0.188. The molecule has 0 spiro atoms. The van der Waals surface area contributed by atoms with E-state index in [0.717, 1.165) is 27.9 Å². The van der Waals surface area contributed by atoms with E-state index in [1.165, 1.54) is 11.8 Å². The van der Waals surface area contributed by atoms with Gasteiger partial charge in [-0.1, -0.05) is 11.8 Å². The van der Waals surface area contributed by atoms with Gasteiger partial charge < -0.3 is 19.5 Å². The summed E-state index contributed by atoms with van der Waals surface area (Å²) < 4.78 is 17.9. The molecular formula is C22H22N4O4S. The van der Waals surface area contributed by atoms with E-state index in [2.05, 4.69) is 21.6 Å². The number of nitrogens with zero attached hydrogens (tertiary/aromatic N) is 3. The fourth-order valence-corrected chi connectivity index (χ4v) is 4.09. The summed E-state index contributed by atoms with van der Waals surface area (Å²) in [6.07, 6.45) is 0. The van der Waals surface area contributed by atoms with Crippen LogP contribution >= 0.6 is 11.8 Å². The number of rotatable bonds is 7. The number of anilines is 1. The second-order valence-corrected chi connectivity index (χ2v) is 7.74. The van der Waals surface area contributed by atoms with Gasteiger partial charge >= 0.3 is 0 Å². The van der Waals surface area contributed by atoms with E-state index in [1.807, 2.05) is 29.5 Å². The molecule has 0 fully saturated rings. The quantitative estimate of drug-likeness (QED) is 0.437. The highest BCUT2D eigenvalue weighted by molar-refractivity contribution is 7.99. The molecule has 31 heavy (non-hydrogen) atoms. The number of methoxy groups -OCH3 is 3. The number of hydrogen-bond acceptors (Lipinski definition) is 7. The van der Waals surface area contributed by atoms with E-state index in [1.54, 1.807) is 39.5 Å². The van der Waals surface area contributed by atoms with Crippen LogP contribution in [0.4, 0.5) is 5.69 Å². The number of thioether (sulfide) groups is 1. The summed E-state index contributed by atoms with van der Waals surface area (Å²) in [5, 5.41) is 13.1. The third-order valence-electron chi connectivity index (χ3n) is 4.85. The molecule has 0 aliphatic carbocycles. The lowest BCUT2D eigenvalue weighted by molar-refractivity contribution is -0.113. The van der Waals surface area contributed by atoms with Gasteiger partial charge in [-0.2, -0.15) is 0 Å². The molecule has 2 aromatic carbocycles. The van der Waals surface area contributed by atoms with Gasteiger partial charge in [-0.3, -0.25) is 9.20 Å². The molecule has 0 aliphatic heterocycles. The van der Waals surface area contributed by atoms with Crippen molar-refractivity contribution in [1.29, 1.82) is 0 Å². The molecule has 1 amide bonds. The first-order valence-electron chi connectivity index (χ1n) is 9.51. The van der Waals surface area contributed by atoms with E-state index in [9.17, 15) is 4.79 Å². The number of benzene rings is 2. The maximum absolute atomic E-state index is 12.6. The van der Waals surface area contributed by atoms with Crippen LogP contribution in [0, 0.1) is 6.92 Å². The molecule has 0 radical (unpaired) electrons. The van der Waals surface area contributed by atoms with E-state index in [-0.39, 0.29) is 11.7 Å². The lowest BCUT2D eigenvalue weighted by Gasteiger charge is -2.12. The molecule has 0 bridgehead atoms. The maximum Gasteiger partial charge on any atom is 0.234 e. The Bertz CT molecular complexity index is 1270. The Balaban J connectivity index is 1.59. The predicted molar refractivity (Wildman–Crippen MR) is 121 cm³/mol. The number of hydrogen-bond donors (Lipinski definition) is 1. The van der Waals surface area contributed by atoms with Crippen molar-refractivity contribution in [2.75, 3.05) is 32.4 Å². The van der Waals surface area contributed by atoms with E-state index < -0.39 is 0 Å². The van der Waals surface area contributed by atoms with Crippen LogP contribution in [0.25, 0.3) is 16.6 Å². The van der Waals surface area contributed by atoms with Gasteiger partial charge in [-0.15, -0.1) is 10.2 Å². The van der Waals surface area contributed by atoms with E-state index in [0.29, 0.717) is 22.3 Å². The molecule has 0 atom stereocenters. The Labute approximate surface area is 183 Å². The van der Waals surface area contributed by atoms with Crippen molar-refractivity contribution in [3.05, 3.63) is 48.0 Å². The predicted octanol–water partition coefficient (Wildman–Crippen LogP) is 3.95. The Hall–Kier alpha value is -3.46.